The van der Waals surface area contributed by atoms with Gasteiger partial charge in [0.05, 0.1) is 12.5 Å². The molecule has 0 spiro atoms. The SMILES string of the molecule is C#CCCC(/C=C/c1ccc(OCC)cc1)OC(=O)C1C(C)C1(C)C. The van der Waals surface area contributed by atoms with Crippen LogP contribution in [0.25, 0.3) is 6.08 Å². The summed E-state index contributed by atoms with van der Waals surface area (Å²) in [6.45, 7) is 8.92. The van der Waals surface area contributed by atoms with Crippen molar-refractivity contribution >= 4 is 12.0 Å². The molecule has 2 rings (SSSR count). The standard InChI is InChI=1S/C22H28O3/c1-6-8-9-19(25-21(23)20-16(3)22(20,4)5)15-12-17-10-13-18(14-11-17)24-7-2/h1,10-16,19-20H,7-9H2,2-5H3/b15-12+. The molecular weight excluding hydrogens is 312 g/mol. The molecule has 3 unspecified atom stereocenters. The second-order valence-electron chi connectivity index (χ2n) is 7.17. The summed E-state index contributed by atoms with van der Waals surface area (Å²) in [5, 5.41) is 0. The van der Waals surface area contributed by atoms with Crippen LogP contribution in [0.5, 0.6) is 5.75 Å². The lowest BCUT2D eigenvalue weighted by Gasteiger charge is -2.14. The van der Waals surface area contributed by atoms with Gasteiger partial charge in [0.1, 0.15) is 11.9 Å². The second kappa shape index (κ2) is 8.25. The Morgan fingerprint density at radius 1 is 1.36 bits per heavy atom. The maximum Gasteiger partial charge on any atom is 0.310 e. The van der Waals surface area contributed by atoms with E-state index in [9.17, 15) is 4.79 Å². The van der Waals surface area contributed by atoms with Gasteiger partial charge in [-0.25, -0.2) is 0 Å². The number of ether oxygens (including phenoxy) is 2. The van der Waals surface area contributed by atoms with Gasteiger partial charge in [-0.15, -0.1) is 12.3 Å². The predicted molar refractivity (Wildman–Crippen MR) is 101 cm³/mol. The second-order valence-corrected chi connectivity index (χ2v) is 7.17. The monoisotopic (exact) mass is 340 g/mol. The maximum atomic E-state index is 12.4. The molecular formula is C22H28O3. The Morgan fingerprint density at radius 2 is 2.00 bits per heavy atom. The van der Waals surface area contributed by atoms with E-state index in [1.807, 2.05) is 43.3 Å². The normalized spacial score (nSPS) is 22.2. The number of hydrogen-bond donors (Lipinski definition) is 0. The van der Waals surface area contributed by atoms with Crippen LogP contribution in [0, 0.1) is 29.6 Å². The Morgan fingerprint density at radius 3 is 2.52 bits per heavy atom. The molecule has 0 amide bonds. The molecule has 25 heavy (non-hydrogen) atoms. The van der Waals surface area contributed by atoms with E-state index in [0.717, 1.165) is 11.3 Å². The number of terminal acetylenes is 1. The van der Waals surface area contributed by atoms with E-state index in [1.54, 1.807) is 0 Å². The Labute approximate surface area is 151 Å². The Kier molecular flexibility index (Phi) is 6.31. The highest BCUT2D eigenvalue weighted by molar-refractivity contribution is 5.77. The minimum Gasteiger partial charge on any atom is -0.494 e. The van der Waals surface area contributed by atoms with Crippen LogP contribution in [0.15, 0.2) is 30.3 Å². The van der Waals surface area contributed by atoms with Crippen LogP contribution in [0.1, 0.15) is 46.1 Å². The Hall–Kier alpha value is -2.21. The summed E-state index contributed by atoms with van der Waals surface area (Å²) in [5.41, 5.74) is 1.07. The first-order valence-corrected chi connectivity index (χ1v) is 8.95. The molecule has 0 N–H and O–H groups in total. The third kappa shape index (κ3) is 4.89. The van der Waals surface area contributed by atoms with E-state index >= 15 is 0 Å². The van der Waals surface area contributed by atoms with Crippen LogP contribution in [0.4, 0.5) is 0 Å². The number of carbonyl (C=O) groups is 1. The van der Waals surface area contributed by atoms with Crippen molar-refractivity contribution < 1.29 is 14.3 Å². The van der Waals surface area contributed by atoms with Crippen LogP contribution in [0.2, 0.25) is 0 Å². The molecule has 3 atom stereocenters. The van der Waals surface area contributed by atoms with E-state index < -0.39 is 0 Å². The summed E-state index contributed by atoms with van der Waals surface area (Å²) in [4.78, 5) is 12.4. The average Bonchev–Trinajstić information content (AvgIpc) is 3.09. The molecule has 134 valence electrons. The van der Waals surface area contributed by atoms with Gasteiger partial charge < -0.3 is 9.47 Å². The first kappa shape index (κ1) is 19.1. The van der Waals surface area contributed by atoms with Gasteiger partial charge in [0, 0.05) is 6.42 Å². The third-order valence-electron chi connectivity index (χ3n) is 5.16. The highest BCUT2D eigenvalue weighted by Gasteiger charge is 2.60. The first-order chi connectivity index (χ1) is 11.9. The summed E-state index contributed by atoms with van der Waals surface area (Å²) in [6.07, 6.45) is 10.2. The van der Waals surface area contributed by atoms with Gasteiger partial charge in [-0.3, -0.25) is 4.79 Å². The molecule has 1 saturated carbocycles. The molecule has 3 heteroatoms. The van der Waals surface area contributed by atoms with Crippen molar-refractivity contribution in [1.29, 1.82) is 0 Å². The van der Waals surface area contributed by atoms with Crippen molar-refractivity contribution in [2.24, 2.45) is 17.3 Å². The number of benzene rings is 1. The summed E-state index contributed by atoms with van der Waals surface area (Å²) in [7, 11) is 0. The van der Waals surface area contributed by atoms with Gasteiger partial charge in [0.15, 0.2) is 0 Å². The largest absolute Gasteiger partial charge is 0.494 e. The summed E-state index contributed by atoms with van der Waals surface area (Å²) in [5.74, 6) is 3.70. The van der Waals surface area contributed by atoms with E-state index in [0.29, 0.717) is 25.4 Å². The molecule has 0 bridgehead atoms. The molecule has 0 heterocycles. The molecule has 1 aliphatic rings. The summed E-state index contributed by atoms with van der Waals surface area (Å²) < 4.78 is 11.2. The highest BCUT2D eigenvalue weighted by Crippen LogP contribution is 2.58. The van der Waals surface area contributed by atoms with Crippen molar-refractivity contribution in [3.05, 3.63) is 35.9 Å². The van der Waals surface area contributed by atoms with Crippen molar-refractivity contribution in [3.8, 4) is 18.1 Å². The minimum absolute atomic E-state index is 0.0142. The third-order valence-corrected chi connectivity index (χ3v) is 5.16. The zero-order chi connectivity index (χ0) is 18.4. The van der Waals surface area contributed by atoms with Crippen molar-refractivity contribution in [2.45, 2.75) is 46.6 Å². The number of carbonyl (C=O) groups excluding carboxylic acids is 1. The fraction of sp³-hybridized carbons (Fsp3) is 0.500. The number of rotatable bonds is 8. The summed E-state index contributed by atoms with van der Waals surface area (Å²) >= 11 is 0. The first-order valence-electron chi connectivity index (χ1n) is 8.95. The van der Waals surface area contributed by atoms with Crippen molar-refractivity contribution in [1.82, 2.24) is 0 Å². The lowest BCUT2D eigenvalue weighted by Crippen LogP contribution is -2.19. The zero-order valence-corrected chi connectivity index (χ0v) is 15.6. The molecule has 3 nitrogen and oxygen atoms in total. The molecule has 1 aliphatic carbocycles. The minimum atomic E-state index is -0.293. The van der Waals surface area contributed by atoms with Crippen molar-refractivity contribution in [3.63, 3.8) is 0 Å². The van der Waals surface area contributed by atoms with Crippen LogP contribution < -0.4 is 4.74 Å². The maximum absolute atomic E-state index is 12.4. The van der Waals surface area contributed by atoms with Crippen LogP contribution in [-0.2, 0) is 9.53 Å². The molecule has 1 aromatic carbocycles. The molecule has 0 aromatic heterocycles. The fourth-order valence-electron chi connectivity index (χ4n) is 3.10. The molecule has 1 fully saturated rings. The molecule has 0 aliphatic heterocycles. The predicted octanol–water partition coefficient (Wildman–Crippen LogP) is 4.72. The average molecular weight is 340 g/mol. The van der Waals surface area contributed by atoms with Gasteiger partial charge in [0.2, 0.25) is 0 Å². The Balaban J connectivity index is 1.99. The lowest BCUT2D eigenvalue weighted by atomic mass is 10.1. The number of hydrogen-bond acceptors (Lipinski definition) is 3. The number of esters is 1. The summed E-state index contributed by atoms with van der Waals surface area (Å²) in [6, 6.07) is 7.82. The van der Waals surface area contributed by atoms with E-state index in [-0.39, 0.29) is 23.4 Å². The van der Waals surface area contributed by atoms with Gasteiger partial charge in [-0.1, -0.05) is 39.0 Å². The van der Waals surface area contributed by atoms with Gasteiger partial charge >= 0.3 is 5.97 Å². The smallest absolute Gasteiger partial charge is 0.310 e. The highest BCUT2D eigenvalue weighted by atomic mass is 16.5. The van der Waals surface area contributed by atoms with Gasteiger partial charge in [-0.05, 0) is 48.4 Å². The fourth-order valence-corrected chi connectivity index (χ4v) is 3.10. The van der Waals surface area contributed by atoms with Crippen LogP contribution in [-0.4, -0.2) is 18.7 Å². The zero-order valence-electron chi connectivity index (χ0n) is 15.6. The van der Waals surface area contributed by atoms with Gasteiger partial charge in [0.25, 0.3) is 0 Å². The molecule has 0 saturated heterocycles. The molecule has 1 aromatic rings. The van der Waals surface area contributed by atoms with Gasteiger partial charge in [-0.2, -0.15) is 0 Å². The topological polar surface area (TPSA) is 35.5 Å². The van der Waals surface area contributed by atoms with E-state index in [4.69, 9.17) is 15.9 Å². The Bertz CT molecular complexity index is 649. The van der Waals surface area contributed by atoms with Crippen LogP contribution >= 0.6 is 0 Å². The van der Waals surface area contributed by atoms with Crippen LogP contribution in [0.3, 0.4) is 0 Å². The lowest BCUT2D eigenvalue weighted by molar-refractivity contribution is -0.149. The van der Waals surface area contributed by atoms with E-state index in [2.05, 4.69) is 26.7 Å². The van der Waals surface area contributed by atoms with E-state index in [1.165, 1.54) is 0 Å². The molecule has 0 radical (unpaired) electrons. The van der Waals surface area contributed by atoms with Crippen molar-refractivity contribution in [2.75, 3.05) is 6.61 Å². The quantitative estimate of drug-likeness (QED) is 0.507.